The summed E-state index contributed by atoms with van der Waals surface area (Å²) < 4.78 is 4.23. The second kappa shape index (κ2) is 10.4. The van der Waals surface area contributed by atoms with Crippen molar-refractivity contribution in [3.05, 3.63) is 67.1 Å². The van der Waals surface area contributed by atoms with E-state index in [1.165, 1.54) is 4.57 Å². The molecule has 2 N–H and O–H groups in total. The van der Waals surface area contributed by atoms with Crippen LogP contribution in [0.5, 0.6) is 0 Å². The third kappa shape index (κ3) is 4.47. The van der Waals surface area contributed by atoms with Gasteiger partial charge in [-0.05, 0) is 31.4 Å². The number of aryl methyl sites for hydroxylation is 1. The van der Waals surface area contributed by atoms with Gasteiger partial charge in [-0.3, -0.25) is 18.5 Å². The molecule has 13 heteroatoms. The number of hydrogen-bond donors (Lipinski definition) is 1. The Labute approximate surface area is 217 Å². The van der Waals surface area contributed by atoms with Crippen molar-refractivity contribution in [2.24, 2.45) is 17.9 Å². The maximum absolute atomic E-state index is 13.8. The van der Waals surface area contributed by atoms with Crippen molar-refractivity contribution < 1.29 is 0 Å². The maximum atomic E-state index is 13.8. The molecule has 5 rings (SSSR count). The van der Waals surface area contributed by atoms with Gasteiger partial charge in [-0.2, -0.15) is 4.98 Å². The smallest absolute Gasteiger partial charge is 0.332 e. The Morgan fingerprint density at radius 3 is 2.79 bits per heavy atom. The summed E-state index contributed by atoms with van der Waals surface area (Å²) in [4.78, 5) is 45.9. The summed E-state index contributed by atoms with van der Waals surface area (Å²) in [5, 5.41) is 4.38. The van der Waals surface area contributed by atoms with E-state index in [4.69, 9.17) is 16.2 Å². The van der Waals surface area contributed by atoms with Gasteiger partial charge in [-0.25, -0.2) is 14.8 Å². The van der Waals surface area contributed by atoms with Crippen LogP contribution in [0.1, 0.15) is 31.3 Å². The van der Waals surface area contributed by atoms with Crippen LogP contribution in [-0.2, 0) is 26.7 Å². The van der Waals surface area contributed by atoms with Crippen LogP contribution in [0.4, 0.5) is 5.95 Å². The first kappa shape index (κ1) is 25.0. The Bertz CT molecular complexity index is 1770. The number of piperidine rings is 1. The molecule has 0 saturated carbocycles. The lowest BCUT2D eigenvalue weighted by Crippen LogP contribution is -2.44. The molecule has 1 aromatic carbocycles. The van der Waals surface area contributed by atoms with E-state index in [1.54, 1.807) is 24.6 Å². The number of hydrogen-bond acceptors (Lipinski definition) is 8. The first-order valence-electron chi connectivity index (χ1n) is 12.3. The Balaban J connectivity index is 1.68. The van der Waals surface area contributed by atoms with Gasteiger partial charge in [0.1, 0.15) is 5.82 Å². The summed E-state index contributed by atoms with van der Waals surface area (Å²) in [5.41, 5.74) is 15.7. The largest absolute Gasteiger partial charge is 0.341 e. The Hall–Kier alpha value is -4.66. The second-order valence-electron chi connectivity index (χ2n) is 9.17. The topological polar surface area (TPSA) is 166 Å². The van der Waals surface area contributed by atoms with Crippen molar-refractivity contribution in [2.75, 3.05) is 18.0 Å². The zero-order chi connectivity index (χ0) is 26.8. The Morgan fingerprint density at radius 2 is 2.03 bits per heavy atom. The molecule has 0 amide bonds. The number of azide groups is 1. The second-order valence-corrected chi connectivity index (χ2v) is 9.17. The van der Waals surface area contributed by atoms with Crippen molar-refractivity contribution in [3.63, 3.8) is 0 Å². The number of para-hydroxylation sites is 1. The van der Waals surface area contributed by atoms with Gasteiger partial charge in [0.05, 0.1) is 30.8 Å². The fourth-order valence-electron chi connectivity index (χ4n) is 4.87. The summed E-state index contributed by atoms with van der Waals surface area (Å²) in [6.07, 6.45) is 1.83. The van der Waals surface area contributed by atoms with Gasteiger partial charge in [0.25, 0.3) is 5.56 Å². The van der Waals surface area contributed by atoms with Gasteiger partial charge in [0.2, 0.25) is 5.95 Å². The van der Waals surface area contributed by atoms with Crippen molar-refractivity contribution >= 4 is 28.0 Å². The minimum absolute atomic E-state index is 0.000588. The molecule has 0 radical (unpaired) electrons. The molecule has 1 atom stereocenters. The fraction of sp³-hybridized carbons (Fsp3) is 0.400. The van der Waals surface area contributed by atoms with Gasteiger partial charge in [0, 0.05) is 36.5 Å². The number of nitrogens with zero attached hydrogens (tertiary/aromatic N) is 10. The highest BCUT2D eigenvalue weighted by molar-refractivity contribution is 5.80. The van der Waals surface area contributed by atoms with E-state index in [0.29, 0.717) is 23.7 Å². The molecule has 0 bridgehead atoms. The van der Waals surface area contributed by atoms with Crippen molar-refractivity contribution in [1.82, 2.24) is 28.7 Å². The van der Waals surface area contributed by atoms with Crippen LogP contribution in [0.15, 0.2) is 39.0 Å². The predicted molar refractivity (Wildman–Crippen MR) is 144 cm³/mol. The van der Waals surface area contributed by atoms with Crippen molar-refractivity contribution in [2.45, 2.75) is 45.4 Å². The lowest BCUT2D eigenvalue weighted by atomic mass is 10.1. The molecular weight excluding hydrogens is 486 g/mol. The molecule has 4 aromatic rings. The summed E-state index contributed by atoms with van der Waals surface area (Å²) in [5.74, 6) is 6.73. The number of imidazole rings is 1. The molecule has 1 aliphatic heterocycles. The molecule has 0 unspecified atom stereocenters. The number of benzene rings is 1. The summed E-state index contributed by atoms with van der Waals surface area (Å²) >= 11 is 0. The van der Waals surface area contributed by atoms with Gasteiger partial charge >= 0.3 is 5.69 Å². The quantitative estimate of drug-likeness (QED) is 0.177. The summed E-state index contributed by atoms with van der Waals surface area (Å²) in [6, 6.07) is 7.30. The standard InChI is InChI=1S/C25H27N11O2/c1-3-4-12-35-21-22(31-24(35)34-11-7-8-16(26)14-34)33(2)25(38)36(23(21)37)15-20-29-18-10-6-5-9-17(18)19(30-20)13-28-32-27/h5-6,9-10,16H,7-8,11-15,26H2,1-2H3/t16-/m1/s1. The van der Waals surface area contributed by atoms with E-state index in [-0.39, 0.29) is 42.7 Å². The van der Waals surface area contributed by atoms with E-state index < -0.39 is 11.2 Å². The Kier molecular flexibility index (Phi) is 6.83. The van der Waals surface area contributed by atoms with Crippen LogP contribution in [-0.4, -0.2) is 47.8 Å². The zero-order valence-electron chi connectivity index (χ0n) is 21.2. The molecular formula is C25H27N11O2. The van der Waals surface area contributed by atoms with E-state index in [2.05, 4.69) is 31.8 Å². The third-order valence-electron chi connectivity index (χ3n) is 6.68. The van der Waals surface area contributed by atoms with Crippen LogP contribution in [0.2, 0.25) is 0 Å². The van der Waals surface area contributed by atoms with Gasteiger partial charge in [-0.1, -0.05) is 29.2 Å². The first-order chi connectivity index (χ1) is 18.4. The molecule has 194 valence electrons. The number of fused-ring (bicyclic) bond motifs is 2. The molecule has 1 saturated heterocycles. The number of nitrogens with two attached hydrogens (primary N) is 1. The van der Waals surface area contributed by atoms with Crippen LogP contribution in [0, 0.1) is 11.8 Å². The zero-order valence-corrected chi connectivity index (χ0v) is 21.2. The SMILES string of the molecule is CC#CCn1c(N2CCC[C@@H](N)C2)nc2c1c(=O)n(Cc1nc(CN=[N+]=[N-])c3ccccc3n1)c(=O)n2C. The van der Waals surface area contributed by atoms with Gasteiger partial charge in [0.15, 0.2) is 11.2 Å². The molecule has 0 aliphatic carbocycles. The lowest BCUT2D eigenvalue weighted by molar-refractivity contribution is 0.496. The van der Waals surface area contributed by atoms with Gasteiger partial charge in [-0.15, -0.1) is 5.92 Å². The van der Waals surface area contributed by atoms with Crippen molar-refractivity contribution in [3.8, 4) is 11.8 Å². The molecule has 1 fully saturated rings. The monoisotopic (exact) mass is 513 g/mol. The summed E-state index contributed by atoms with van der Waals surface area (Å²) in [7, 11) is 1.59. The average molecular weight is 514 g/mol. The average Bonchev–Trinajstić information content (AvgIpc) is 3.31. The van der Waals surface area contributed by atoms with E-state index >= 15 is 0 Å². The number of rotatable bonds is 6. The predicted octanol–water partition coefficient (Wildman–Crippen LogP) is 1.65. The normalized spacial score (nSPS) is 15.3. The molecule has 0 spiro atoms. The van der Waals surface area contributed by atoms with Crippen molar-refractivity contribution in [1.29, 1.82) is 0 Å². The highest BCUT2D eigenvalue weighted by Crippen LogP contribution is 2.23. The van der Waals surface area contributed by atoms with Crippen LogP contribution in [0.3, 0.4) is 0 Å². The highest BCUT2D eigenvalue weighted by atomic mass is 16.2. The van der Waals surface area contributed by atoms with Gasteiger partial charge < -0.3 is 10.6 Å². The molecule has 3 aromatic heterocycles. The van der Waals surface area contributed by atoms with Crippen LogP contribution >= 0.6 is 0 Å². The molecule has 1 aliphatic rings. The molecule has 38 heavy (non-hydrogen) atoms. The highest BCUT2D eigenvalue weighted by Gasteiger charge is 2.26. The van der Waals surface area contributed by atoms with Crippen LogP contribution < -0.4 is 21.9 Å². The van der Waals surface area contributed by atoms with E-state index in [9.17, 15) is 9.59 Å². The number of anilines is 1. The minimum Gasteiger partial charge on any atom is -0.341 e. The lowest BCUT2D eigenvalue weighted by Gasteiger charge is -2.31. The number of aromatic nitrogens is 6. The minimum atomic E-state index is -0.538. The fourth-order valence-corrected chi connectivity index (χ4v) is 4.87. The summed E-state index contributed by atoms with van der Waals surface area (Å²) in [6.45, 7) is 3.17. The maximum Gasteiger partial charge on any atom is 0.332 e. The Morgan fingerprint density at radius 1 is 1.21 bits per heavy atom. The van der Waals surface area contributed by atoms with E-state index in [0.717, 1.165) is 29.3 Å². The van der Waals surface area contributed by atoms with E-state index in [1.807, 2.05) is 23.1 Å². The molecule has 4 heterocycles. The molecule has 13 nitrogen and oxygen atoms in total. The van der Waals surface area contributed by atoms with Crippen LogP contribution in [0.25, 0.3) is 32.5 Å². The third-order valence-corrected chi connectivity index (χ3v) is 6.68. The first-order valence-corrected chi connectivity index (χ1v) is 12.3.